The lowest BCUT2D eigenvalue weighted by atomic mass is 10.0. The van der Waals surface area contributed by atoms with E-state index in [1.807, 2.05) is 72.4 Å². The zero-order valence-electron chi connectivity index (χ0n) is 18.0. The first-order valence-electron chi connectivity index (χ1n) is 10.1. The van der Waals surface area contributed by atoms with Crippen LogP contribution in [0.1, 0.15) is 20.8 Å². The number of carbonyl (C=O) groups is 1. The van der Waals surface area contributed by atoms with E-state index in [-0.39, 0.29) is 0 Å². The Kier molecular flexibility index (Phi) is 7.22. The summed E-state index contributed by atoms with van der Waals surface area (Å²) < 4.78 is 7.86. The van der Waals surface area contributed by atoms with E-state index in [0.717, 1.165) is 31.7 Å². The van der Waals surface area contributed by atoms with Crippen molar-refractivity contribution in [2.45, 2.75) is 13.5 Å². The molecule has 33 heavy (non-hydrogen) atoms. The standard InChI is InChI=1S/C24H21BrN4O2S2/c1-15-20(17-8-4-3-5-9-17)21(23(30)31-2)22(33-15)28-24(32)27-19-10-6-7-16(11-19)13-29-14-18(25)12-26-29/h3-12,14H,13H2,1-2H3,(H2,27,28,32). The number of benzene rings is 2. The zero-order valence-corrected chi connectivity index (χ0v) is 21.2. The molecular formula is C24H21BrN4O2S2. The van der Waals surface area contributed by atoms with E-state index in [2.05, 4.69) is 31.7 Å². The molecule has 0 spiro atoms. The summed E-state index contributed by atoms with van der Waals surface area (Å²) in [7, 11) is 1.38. The topological polar surface area (TPSA) is 68.2 Å². The summed E-state index contributed by atoms with van der Waals surface area (Å²) in [5.41, 5.74) is 4.20. The van der Waals surface area contributed by atoms with Crippen LogP contribution in [-0.4, -0.2) is 28.0 Å². The second-order valence-electron chi connectivity index (χ2n) is 7.23. The molecule has 2 aromatic carbocycles. The molecule has 9 heteroatoms. The van der Waals surface area contributed by atoms with Crippen LogP contribution in [0.4, 0.5) is 10.7 Å². The molecule has 2 aromatic heterocycles. The lowest BCUT2D eigenvalue weighted by Gasteiger charge is -2.12. The quantitative estimate of drug-likeness (QED) is 0.220. The molecule has 0 atom stereocenters. The summed E-state index contributed by atoms with van der Waals surface area (Å²) in [5, 5.41) is 11.7. The van der Waals surface area contributed by atoms with Gasteiger partial charge in [0.1, 0.15) is 10.6 Å². The summed E-state index contributed by atoms with van der Waals surface area (Å²) in [4.78, 5) is 13.7. The van der Waals surface area contributed by atoms with Gasteiger partial charge in [0.2, 0.25) is 0 Å². The molecule has 0 saturated heterocycles. The van der Waals surface area contributed by atoms with Crippen molar-refractivity contribution in [1.29, 1.82) is 0 Å². The van der Waals surface area contributed by atoms with E-state index >= 15 is 0 Å². The molecule has 4 rings (SSSR count). The van der Waals surface area contributed by atoms with Gasteiger partial charge in [0.05, 0.1) is 24.3 Å². The number of hydrogen-bond donors (Lipinski definition) is 2. The van der Waals surface area contributed by atoms with Gasteiger partial charge < -0.3 is 15.4 Å². The molecule has 0 radical (unpaired) electrons. The summed E-state index contributed by atoms with van der Waals surface area (Å²) in [6.07, 6.45) is 3.68. The SMILES string of the molecule is COC(=O)c1c(NC(=S)Nc2cccc(Cn3cc(Br)cn3)c2)sc(C)c1-c1ccccc1. The zero-order chi connectivity index (χ0) is 23.4. The highest BCUT2D eigenvalue weighted by molar-refractivity contribution is 9.10. The van der Waals surface area contributed by atoms with Crippen LogP contribution in [0.25, 0.3) is 11.1 Å². The van der Waals surface area contributed by atoms with Gasteiger partial charge in [0.25, 0.3) is 0 Å². The van der Waals surface area contributed by atoms with Crippen molar-refractivity contribution in [3.05, 3.63) is 87.5 Å². The van der Waals surface area contributed by atoms with Gasteiger partial charge in [-0.05, 0) is 58.3 Å². The summed E-state index contributed by atoms with van der Waals surface area (Å²) in [6, 6.07) is 17.7. The van der Waals surface area contributed by atoms with Crippen LogP contribution in [0.15, 0.2) is 71.5 Å². The Hall–Kier alpha value is -3.01. The van der Waals surface area contributed by atoms with Crippen molar-refractivity contribution in [3.63, 3.8) is 0 Å². The van der Waals surface area contributed by atoms with E-state index in [1.54, 1.807) is 6.20 Å². The fourth-order valence-corrected chi connectivity index (χ4v) is 5.19. The van der Waals surface area contributed by atoms with Crippen LogP contribution in [-0.2, 0) is 11.3 Å². The van der Waals surface area contributed by atoms with Crippen LogP contribution in [0.3, 0.4) is 0 Å². The summed E-state index contributed by atoms with van der Waals surface area (Å²) in [5.74, 6) is -0.407. The Balaban J connectivity index is 1.54. The van der Waals surface area contributed by atoms with Crippen molar-refractivity contribution < 1.29 is 9.53 Å². The fourth-order valence-electron chi connectivity index (χ4n) is 3.51. The largest absolute Gasteiger partial charge is 0.465 e. The maximum Gasteiger partial charge on any atom is 0.341 e. The smallest absolute Gasteiger partial charge is 0.341 e. The molecule has 0 bridgehead atoms. The second kappa shape index (κ2) is 10.3. The summed E-state index contributed by atoms with van der Waals surface area (Å²) >= 11 is 10.4. The fraction of sp³-hybridized carbons (Fsp3) is 0.125. The Morgan fingerprint density at radius 2 is 1.97 bits per heavy atom. The molecule has 2 N–H and O–H groups in total. The molecule has 0 aliphatic heterocycles. The monoisotopic (exact) mass is 540 g/mol. The molecule has 0 unspecified atom stereocenters. The first kappa shape index (κ1) is 23.2. The maximum atomic E-state index is 12.7. The van der Waals surface area contributed by atoms with E-state index < -0.39 is 5.97 Å². The van der Waals surface area contributed by atoms with E-state index in [0.29, 0.717) is 22.2 Å². The molecule has 6 nitrogen and oxygen atoms in total. The van der Waals surface area contributed by atoms with Crippen molar-refractivity contribution in [1.82, 2.24) is 9.78 Å². The minimum Gasteiger partial charge on any atom is -0.465 e. The van der Waals surface area contributed by atoms with Gasteiger partial charge >= 0.3 is 5.97 Å². The number of esters is 1. The van der Waals surface area contributed by atoms with Crippen LogP contribution < -0.4 is 10.6 Å². The molecule has 0 aliphatic rings. The van der Waals surface area contributed by atoms with Crippen molar-refractivity contribution in [2.75, 3.05) is 17.7 Å². The van der Waals surface area contributed by atoms with Crippen molar-refractivity contribution in [3.8, 4) is 11.1 Å². The predicted molar refractivity (Wildman–Crippen MR) is 141 cm³/mol. The normalized spacial score (nSPS) is 10.6. The van der Waals surface area contributed by atoms with Crippen LogP contribution in [0.2, 0.25) is 0 Å². The Morgan fingerprint density at radius 1 is 1.18 bits per heavy atom. The Labute approximate surface area is 209 Å². The molecule has 0 saturated carbocycles. The van der Waals surface area contributed by atoms with Gasteiger partial charge in [0, 0.05) is 22.3 Å². The maximum absolute atomic E-state index is 12.7. The van der Waals surface area contributed by atoms with Gasteiger partial charge in [-0.3, -0.25) is 4.68 Å². The predicted octanol–water partition coefficient (Wildman–Crippen LogP) is 6.33. The average molecular weight is 541 g/mol. The lowest BCUT2D eigenvalue weighted by molar-refractivity contribution is 0.0603. The van der Waals surface area contributed by atoms with Crippen LogP contribution >= 0.6 is 39.5 Å². The highest BCUT2D eigenvalue weighted by Gasteiger charge is 2.24. The Morgan fingerprint density at radius 3 is 2.67 bits per heavy atom. The van der Waals surface area contributed by atoms with E-state index in [4.69, 9.17) is 17.0 Å². The molecular weight excluding hydrogens is 520 g/mol. The number of ether oxygens (including phenoxy) is 1. The first-order valence-corrected chi connectivity index (χ1v) is 12.1. The number of aromatic nitrogens is 2. The second-order valence-corrected chi connectivity index (χ2v) is 9.78. The molecule has 2 heterocycles. The molecule has 4 aromatic rings. The molecule has 0 aliphatic carbocycles. The van der Waals surface area contributed by atoms with Crippen molar-refractivity contribution in [2.24, 2.45) is 0 Å². The van der Waals surface area contributed by atoms with Gasteiger partial charge in [-0.25, -0.2) is 4.79 Å². The van der Waals surface area contributed by atoms with Gasteiger partial charge in [-0.15, -0.1) is 11.3 Å². The minimum absolute atomic E-state index is 0.389. The molecule has 168 valence electrons. The molecule has 0 fully saturated rings. The van der Waals surface area contributed by atoms with Gasteiger partial charge in [0.15, 0.2) is 5.11 Å². The third kappa shape index (κ3) is 5.50. The number of anilines is 2. The van der Waals surface area contributed by atoms with Crippen molar-refractivity contribution >= 4 is 61.3 Å². The highest BCUT2D eigenvalue weighted by Crippen LogP contribution is 2.40. The lowest BCUT2D eigenvalue weighted by Crippen LogP contribution is -2.20. The number of hydrogen-bond acceptors (Lipinski definition) is 5. The number of rotatable bonds is 6. The number of methoxy groups -OCH3 is 1. The van der Waals surface area contributed by atoms with Gasteiger partial charge in [-0.2, -0.15) is 5.10 Å². The average Bonchev–Trinajstić information content (AvgIpc) is 3.35. The van der Waals surface area contributed by atoms with Crippen LogP contribution in [0.5, 0.6) is 0 Å². The Bertz CT molecular complexity index is 1300. The third-order valence-corrected chi connectivity index (χ3v) is 6.53. The number of nitrogens with zero attached hydrogens (tertiary/aromatic N) is 2. The first-order chi connectivity index (χ1) is 15.9. The minimum atomic E-state index is -0.407. The van der Waals surface area contributed by atoms with E-state index in [1.165, 1.54) is 18.4 Å². The number of aryl methyl sites for hydroxylation is 1. The van der Waals surface area contributed by atoms with Crippen LogP contribution in [0, 0.1) is 6.92 Å². The summed E-state index contributed by atoms with van der Waals surface area (Å²) in [6.45, 7) is 2.62. The number of carbonyl (C=O) groups excluding carboxylic acids is 1. The molecule has 0 amide bonds. The van der Waals surface area contributed by atoms with Gasteiger partial charge in [-0.1, -0.05) is 42.5 Å². The van der Waals surface area contributed by atoms with E-state index in [9.17, 15) is 4.79 Å². The number of nitrogens with one attached hydrogen (secondary N) is 2. The number of thiophene rings is 1. The highest BCUT2D eigenvalue weighted by atomic mass is 79.9. The third-order valence-electron chi connectivity index (χ3n) is 4.89. The number of thiocarbonyl (C=S) groups is 1. The number of halogens is 1.